The predicted molar refractivity (Wildman–Crippen MR) is 144 cm³/mol. The molecule has 0 saturated heterocycles. The number of carboxylic acids is 2. The molecular formula is C32H21NO4. The third-order valence-electron chi connectivity index (χ3n) is 5.34. The Morgan fingerprint density at radius 2 is 1.16 bits per heavy atom. The molecular weight excluding hydrogens is 462 g/mol. The Kier molecular flexibility index (Phi) is 7.59. The van der Waals surface area contributed by atoms with Crippen LogP contribution >= 0.6 is 0 Å². The van der Waals surface area contributed by atoms with Crippen LogP contribution in [0, 0.1) is 30.6 Å². The summed E-state index contributed by atoms with van der Waals surface area (Å²) in [6, 6.07) is 26.3. The summed E-state index contributed by atoms with van der Waals surface area (Å²) in [4.78, 5) is 27.1. The molecule has 4 aromatic carbocycles. The highest BCUT2D eigenvalue weighted by Crippen LogP contribution is 2.18. The van der Waals surface area contributed by atoms with Gasteiger partial charge in [0, 0.05) is 28.5 Å². The first-order chi connectivity index (χ1) is 17.9. The maximum absolute atomic E-state index is 11.3. The van der Waals surface area contributed by atoms with Crippen LogP contribution in [-0.4, -0.2) is 28.4 Å². The summed E-state index contributed by atoms with van der Waals surface area (Å²) < 4.78 is 0. The van der Waals surface area contributed by atoms with E-state index in [-0.39, 0.29) is 11.1 Å². The van der Waals surface area contributed by atoms with Crippen molar-refractivity contribution < 1.29 is 19.8 Å². The molecule has 0 fully saturated rings. The highest BCUT2D eigenvalue weighted by Gasteiger charge is 2.03. The fraction of sp³-hybridized carbons (Fsp3) is 0.0312. The van der Waals surface area contributed by atoms with Crippen LogP contribution in [-0.2, 0) is 0 Å². The lowest BCUT2D eigenvalue weighted by molar-refractivity contribution is 0.0686. The van der Waals surface area contributed by atoms with Crippen LogP contribution in [0.3, 0.4) is 0 Å². The second-order valence-corrected chi connectivity index (χ2v) is 8.16. The van der Waals surface area contributed by atoms with Gasteiger partial charge >= 0.3 is 11.9 Å². The molecule has 5 heteroatoms. The Hall–Kier alpha value is -5.39. The van der Waals surface area contributed by atoms with E-state index >= 15 is 0 Å². The average molecular weight is 484 g/mol. The molecule has 2 N–H and O–H groups in total. The van der Waals surface area contributed by atoms with Gasteiger partial charge < -0.3 is 10.2 Å². The molecule has 0 unspecified atom stereocenters. The van der Waals surface area contributed by atoms with Gasteiger partial charge in [0.2, 0.25) is 0 Å². The fourth-order valence-electron chi connectivity index (χ4n) is 3.47. The van der Waals surface area contributed by atoms with Gasteiger partial charge in [-0.1, -0.05) is 54.0 Å². The molecule has 37 heavy (non-hydrogen) atoms. The summed E-state index contributed by atoms with van der Waals surface area (Å²) in [5, 5.41) is 18.5. The van der Waals surface area contributed by atoms with Crippen LogP contribution in [0.1, 0.15) is 54.1 Å². The molecule has 0 radical (unpaired) electrons. The molecule has 0 heterocycles. The van der Waals surface area contributed by atoms with Crippen LogP contribution in [0.5, 0.6) is 0 Å². The maximum atomic E-state index is 11.3. The van der Waals surface area contributed by atoms with E-state index in [1.54, 1.807) is 30.5 Å². The fourth-order valence-corrected chi connectivity index (χ4v) is 3.47. The van der Waals surface area contributed by atoms with Gasteiger partial charge in [-0.2, -0.15) is 0 Å². The van der Waals surface area contributed by atoms with Crippen molar-refractivity contribution in [3.63, 3.8) is 0 Å². The van der Waals surface area contributed by atoms with Crippen LogP contribution in [0.15, 0.2) is 96.0 Å². The van der Waals surface area contributed by atoms with Crippen molar-refractivity contribution in [3.05, 3.63) is 136 Å². The minimum atomic E-state index is -1.01. The van der Waals surface area contributed by atoms with E-state index in [0.29, 0.717) is 22.3 Å². The smallest absolute Gasteiger partial charge is 0.335 e. The molecule has 4 rings (SSSR count). The minimum absolute atomic E-state index is 0.168. The van der Waals surface area contributed by atoms with E-state index in [0.717, 1.165) is 16.8 Å². The van der Waals surface area contributed by atoms with Crippen molar-refractivity contribution in [1.29, 1.82) is 0 Å². The van der Waals surface area contributed by atoms with Gasteiger partial charge in [0.05, 0.1) is 16.8 Å². The van der Waals surface area contributed by atoms with E-state index in [1.165, 1.54) is 24.3 Å². The summed E-state index contributed by atoms with van der Waals surface area (Å²) in [7, 11) is 0. The van der Waals surface area contributed by atoms with Crippen molar-refractivity contribution in [2.75, 3.05) is 0 Å². The van der Waals surface area contributed by atoms with Crippen LogP contribution in [0.25, 0.3) is 0 Å². The normalized spacial score (nSPS) is 10.2. The Morgan fingerprint density at radius 3 is 1.68 bits per heavy atom. The van der Waals surface area contributed by atoms with E-state index in [9.17, 15) is 19.8 Å². The Bertz CT molecular complexity index is 1570. The zero-order valence-corrected chi connectivity index (χ0v) is 19.9. The Labute approximate surface area is 214 Å². The average Bonchev–Trinajstić information content (AvgIpc) is 2.90. The largest absolute Gasteiger partial charge is 0.478 e. The van der Waals surface area contributed by atoms with Crippen molar-refractivity contribution in [1.82, 2.24) is 0 Å². The topological polar surface area (TPSA) is 87.0 Å². The molecule has 0 aliphatic heterocycles. The summed E-state index contributed by atoms with van der Waals surface area (Å²) in [5.74, 6) is 10.2. The number of aromatic carboxylic acids is 2. The summed E-state index contributed by atoms with van der Waals surface area (Å²) in [6.45, 7) is 1.99. The van der Waals surface area contributed by atoms with Gasteiger partial charge in [-0.15, -0.1) is 0 Å². The van der Waals surface area contributed by atoms with Gasteiger partial charge in [-0.05, 0) is 78.7 Å². The standard InChI is InChI=1S/C32H21NO4/c1-22-6-2-3-11-30(22)33-21-27-17-25(14-12-23-7-4-9-28(19-23)31(34)35)16-26(18-27)15-13-24-8-5-10-29(20-24)32(36)37/h2-11,16-21H,1H3,(H,34,35)(H,36,37). The van der Waals surface area contributed by atoms with E-state index in [4.69, 9.17) is 0 Å². The second kappa shape index (κ2) is 11.4. The lowest BCUT2D eigenvalue weighted by Crippen LogP contribution is -1.95. The highest BCUT2D eigenvalue weighted by atomic mass is 16.4. The highest BCUT2D eigenvalue weighted by molar-refractivity contribution is 5.88. The molecule has 0 aliphatic carbocycles. The quantitative estimate of drug-likeness (QED) is 0.278. The maximum Gasteiger partial charge on any atom is 0.335 e. The second-order valence-electron chi connectivity index (χ2n) is 8.16. The third-order valence-corrected chi connectivity index (χ3v) is 5.34. The molecule has 0 aromatic heterocycles. The number of rotatable bonds is 4. The number of para-hydroxylation sites is 1. The molecule has 0 spiro atoms. The van der Waals surface area contributed by atoms with Crippen molar-refractivity contribution >= 4 is 23.8 Å². The molecule has 0 saturated carbocycles. The molecule has 178 valence electrons. The van der Waals surface area contributed by atoms with Crippen LogP contribution in [0.2, 0.25) is 0 Å². The predicted octanol–water partition coefficient (Wildman–Crippen LogP) is 5.94. The van der Waals surface area contributed by atoms with Crippen molar-refractivity contribution in [2.45, 2.75) is 6.92 Å². The van der Waals surface area contributed by atoms with E-state index < -0.39 is 11.9 Å². The van der Waals surface area contributed by atoms with Gasteiger partial charge in [0.25, 0.3) is 0 Å². The number of benzene rings is 4. The van der Waals surface area contributed by atoms with Gasteiger partial charge in [0.1, 0.15) is 0 Å². The van der Waals surface area contributed by atoms with Crippen LogP contribution in [0.4, 0.5) is 5.69 Å². The molecule has 0 atom stereocenters. The summed E-state index contributed by atoms with van der Waals surface area (Å²) >= 11 is 0. The number of aliphatic imine (C=N–C) groups is 1. The number of hydrogen-bond donors (Lipinski definition) is 2. The van der Waals surface area contributed by atoms with E-state index in [2.05, 4.69) is 28.7 Å². The Balaban J connectivity index is 1.73. The number of aryl methyl sites for hydroxylation is 1. The first-order valence-electron chi connectivity index (χ1n) is 11.3. The number of carboxylic acid groups (broad SMARTS) is 2. The van der Waals surface area contributed by atoms with Gasteiger partial charge in [-0.3, -0.25) is 4.99 Å². The molecule has 0 bridgehead atoms. The Morgan fingerprint density at radius 1 is 0.649 bits per heavy atom. The monoisotopic (exact) mass is 483 g/mol. The molecule has 5 nitrogen and oxygen atoms in total. The zero-order valence-electron chi connectivity index (χ0n) is 19.9. The van der Waals surface area contributed by atoms with Crippen LogP contribution < -0.4 is 0 Å². The SMILES string of the molecule is Cc1ccccc1N=Cc1cc(C#Cc2cccc(C(=O)O)c2)cc(C#Cc2cccc(C(=O)O)c2)c1. The summed E-state index contributed by atoms with van der Waals surface area (Å²) in [5.41, 5.74) is 5.54. The lowest BCUT2D eigenvalue weighted by Gasteiger charge is -2.01. The number of nitrogens with zero attached hydrogens (tertiary/aromatic N) is 1. The molecule has 0 amide bonds. The molecule has 0 aliphatic rings. The zero-order chi connectivity index (χ0) is 26.2. The minimum Gasteiger partial charge on any atom is -0.478 e. The summed E-state index contributed by atoms with van der Waals surface area (Å²) in [6.07, 6.45) is 1.74. The van der Waals surface area contributed by atoms with Crippen molar-refractivity contribution in [2.24, 2.45) is 4.99 Å². The van der Waals surface area contributed by atoms with Crippen molar-refractivity contribution in [3.8, 4) is 23.7 Å². The number of hydrogen-bond acceptors (Lipinski definition) is 3. The van der Waals surface area contributed by atoms with Gasteiger partial charge in [0.15, 0.2) is 0 Å². The van der Waals surface area contributed by atoms with E-state index in [1.807, 2.05) is 49.4 Å². The molecule has 4 aromatic rings. The van der Waals surface area contributed by atoms with Gasteiger partial charge in [-0.25, -0.2) is 9.59 Å². The number of carbonyl (C=O) groups is 2. The first kappa shape index (κ1) is 24.7. The third kappa shape index (κ3) is 6.82. The first-order valence-corrected chi connectivity index (χ1v) is 11.3. The lowest BCUT2D eigenvalue weighted by atomic mass is 10.0.